The summed E-state index contributed by atoms with van der Waals surface area (Å²) in [5, 5.41) is 12.0. The van der Waals surface area contributed by atoms with Crippen LogP contribution in [-0.4, -0.2) is 23.0 Å². The molecule has 0 radical (unpaired) electrons. The SMILES string of the molecule is CC(C)C(CC(=O)O)NC(=O)c1ccc(Br)c(Cl)c1. The monoisotopic (exact) mass is 347 g/mol. The lowest BCUT2D eigenvalue weighted by Crippen LogP contribution is -2.40. The number of carbonyl (C=O) groups excluding carboxylic acids is 1. The van der Waals surface area contributed by atoms with Crippen LogP contribution in [0.25, 0.3) is 0 Å². The van der Waals surface area contributed by atoms with Crippen LogP contribution < -0.4 is 5.32 Å². The van der Waals surface area contributed by atoms with Gasteiger partial charge in [-0.25, -0.2) is 0 Å². The van der Waals surface area contributed by atoms with Crippen molar-refractivity contribution >= 4 is 39.4 Å². The van der Waals surface area contributed by atoms with Gasteiger partial charge in [-0.15, -0.1) is 0 Å². The lowest BCUT2D eigenvalue weighted by atomic mass is 10.0. The molecule has 4 nitrogen and oxygen atoms in total. The van der Waals surface area contributed by atoms with Crippen LogP contribution in [0.2, 0.25) is 5.02 Å². The number of halogens is 2. The molecule has 1 rings (SSSR count). The standard InChI is InChI=1S/C13H15BrClNO3/c1-7(2)11(6-12(17)18)16-13(19)8-3-4-9(14)10(15)5-8/h3-5,7,11H,6H2,1-2H3,(H,16,19)(H,17,18). The number of benzene rings is 1. The van der Waals surface area contributed by atoms with Gasteiger partial charge in [-0.2, -0.15) is 0 Å². The van der Waals surface area contributed by atoms with Gasteiger partial charge in [0.1, 0.15) is 0 Å². The van der Waals surface area contributed by atoms with Gasteiger partial charge in [0.2, 0.25) is 0 Å². The Kier molecular flexibility index (Phi) is 5.82. The van der Waals surface area contributed by atoms with Gasteiger partial charge in [0.05, 0.1) is 11.4 Å². The predicted octanol–water partition coefficient (Wildman–Crippen LogP) is 3.33. The van der Waals surface area contributed by atoms with E-state index in [2.05, 4.69) is 21.2 Å². The van der Waals surface area contributed by atoms with Crippen molar-refractivity contribution in [1.82, 2.24) is 5.32 Å². The molecule has 1 atom stereocenters. The zero-order chi connectivity index (χ0) is 14.6. The van der Waals surface area contributed by atoms with Crippen molar-refractivity contribution in [2.24, 2.45) is 5.92 Å². The molecule has 104 valence electrons. The second-order valence-electron chi connectivity index (χ2n) is 4.55. The van der Waals surface area contributed by atoms with Crippen molar-refractivity contribution in [3.63, 3.8) is 0 Å². The number of carboxylic acid groups (broad SMARTS) is 1. The maximum atomic E-state index is 12.0. The zero-order valence-electron chi connectivity index (χ0n) is 10.6. The Morgan fingerprint density at radius 1 is 1.42 bits per heavy atom. The van der Waals surface area contributed by atoms with E-state index >= 15 is 0 Å². The minimum absolute atomic E-state index is 0.0333. The second-order valence-corrected chi connectivity index (χ2v) is 5.81. The molecule has 1 aromatic rings. The Morgan fingerprint density at radius 3 is 2.53 bits per heavy atom. The minimum atomic E-state index is -0.937. The summed E-state index contributed by atoms with van der Waals surface area (Å²) in [6.45, 7) is 3.73. The van der Waals surface area contributed by atoms with Crippen molar-refractivity contribution in [3.05, 3.63) is 33.3 Å². The molecule has 19 heavy (non-hydrogen) atoms. The van der Waals surface area contributed by atoms with E-state index < -0.39 is 12.0 Å². The third-order valence-electron chi connectivity index (χ3n) is 2.70. The Morgan fingerprint density at radius 2 is 2.05 bits per heavy atom. The number of aliphatic carboxylic acids is 1. The molecular formula is C13H15BrClNO3. The van der Waals surface area contributed by atoms with Crippen LogP contribution in [0, 0.1) is 5.92 Å². The van der Waals surface area contributed by atoms with E-state index in [-0.39, 0.29) is 18.2 Å². The predicted molar refractivity (Wildman–Crippen MR) is 77.5 cm³/mol. The first-order valence-electron chi connectivity index (χ1n) is 5.79. The molecule has 0 saturated heterocycles. The molecule has 0 heterocycles. The van der Waals surface area contributed by atoms with Gasteiger partial charge >= 0.3 is 5.97 Å². The van der Waals surface area contributed by atoms with Gasteiger partial charge in [0.25, 0.3) is 5.91 Å². The summed E-state index contributed by atoms with van der Waals surface area (Å²) in [5.74, 6) is -1.23. The van der Waals surface area contributed by atoms with Crippen molar-refractivity contribution in [3.8, 4) is 0 Å². The second kappa shape index (κ2) is 6.91. The van der Waals surface area contributed by atoms with E-state index in [9.17, 15) is 9.59 Å². The number of nitrogens with one attached hydrogen (secondary N) is 1. The van der Waals surface area contributed by atoms with Crippen molar-refractivity contribution in [2.45, 2.75) is 26.3 Å². The highest BCUT2D eigenvalue weighted by molar-refractivity contribution is 9.10. The molecule has 0 spiro atoms. The highest BCUT2D eigenvalue weighted by Gasteiger charge is 2.20. The smallest absolute Gasteiger partial charge is 0.305 e. The fourth-order valence-electron chi connectivity index (χ4n) is 1.53. The van der Waals surface area contributed by atoms with E-state index in [1.54, 1.807) is 18.2 Å². The zero-order valence-corrected chi connectivity index (χ0v) is 13.0. The summed E-state index contributed by atoms with van der Waals surface area (Å²) in [6, 6.07) is 4.44. The Bertz CT molecular complexity index is 491. The van der Waals surface area contributed by atoms with E-state index in [1.165, 1.54) is 0 Å². The fourth-order valence-corrected chi connectivity index (χ4v) is 1.96. The normalized spacial score (nSPS) is 12.3. The maximum Gasteiger partial charge on any atom is 0.305 e. The summed E-state index contributed by atoms with van der Waals surface area (Å²) < 4.78 is 0.705. The molecule has 0 fully saturated rings. The number of hydrogen-bond acceptors (Lipinski definition) is 2. The average Bonchev–Trinajstić information content (AvgIpc) is 2.31. The lowest BCUT2D eigenvalue weighted by Gasteiger charge is -2.20. The molecule has 1 unspecified atom stereocenters. The van der Waals surface area contributed by atoms with Gasteiger partial charge in [-0.3, -0.25) is 9.59 Å². The topological polar surface area (TPSA) is 66.4 Å². The Balaban J connectivity index is 2.81. The summed E-state index contributed by atoms with van der Waals surface area (Å²) in [7, 11) is 0. The summed E-state index contributed by atoms with van der Waals surface area (Å²) >= 11 is 9.16. The van der Waals surface area contributed by atoms with Gasteiger partial charge in [0, 0.05) is 16.1 Å². The highest BCUT2D eigenvalue weighted by atomic mass is 79.9. The molecule has 2 N–H and O–H groups in total. The Labute approximate surface area is 125 Å². The van der Waals surface area contributed by atoms with E-state index in [4.69, 9.17) is 16.7 Å². The largest absolute Gasteiger partial charge is 0.481 e. The van der Waals surface area contributed by atoms with E-state index in [0.29, 0.717) is 15.1 Å². The molecule has 1 aromatic carbocycles. The van der Waals surface area contributed by atoms with E-state index in [0.717, 1.165) is 0 Å². The summed E-state index contributed by atoms with van der Waals surface area (Å²) in [4.78, 5) is 22.8. The van der Waals surface area contributed by atoms with Gasteiger partial charge in [0.15, 0.2) is 0 Å². The molecule has 0 aromatic heterocycles. The van der Waals surface area contributed by atoms with E-state index in [1.807, 2.05) is 13.8 Å². The van der Waals surface area contributed by atoms with Crippen molar-refractivity contribution in [1.29, 1.82) is 0 Å². The molecule has 0 saturated carbocycles. The summed E-state index contributed by atoms with van der Waals surface area (Å²) in [5.41, 5.74) is 0.407. The van der Waals surface area contributed by atoms with Crippen LogP contribution in [0.5, 0.6) is 0 Å². The molecular weight excluding hydrogens is 334 g/mol. The van der Waals surface area contributed by atoms with Gasteiger partial charge in [-0.05, 0) is 40.0 Å². The highest BCUT2D eigenvalue weighted by Crippen LogP contribution is 2.23. The molecule has 0 bridgehead atoms. The number of carbonyl (C=O) groups is 2. The van der Waals surface area contributed by atoms with Crippen molar-refractivity contribution in [2.75, 3.05) is 0 Å². The molecule has 1 amide bonds. The third kappa shape index (κ3) is 4.84. The third-order valence-corrected chi connectivity index (χ3v) is 3.93. The van der Waals surface area contributed by atoms with Gasteiger partial charge in [-0.1, -0.05) is 25.4 Å². The number of rotatable bonds is 5. The number of carboxylic acids is 1. The Hall–Kier alpha value is -1.07. The van der Waals surface area contributed by atoms with Gasteiger partial charge < -0.3 is 10.4 Å². The summed E-state index contributed by atoms with van der Waals surface area (Å²) in [6.07, 6.45) is -0.104. The number of amides is 1. The molecule has 0 aliphatic heterocycles. The van der Waals surface area contributed by atoms with Crippen LogP contribution in [0.15, 0.2) is 22.7 Å². The minimum Gasteiger partial charge on any atom is -0.481 e. The fraction of sp³-hybridized carbons (Fsp3) is 0.385. The first kappa shape index (κ1) is 16.0. The average molecular weight is 349 g/mol. The molecule has 0 aliphatic rings. The van der Waals surface area contributed by atoms with Crippen molar-refractivity contribution < 1.29 is 14.7 Å². The van der Waals surface area contributed by atoms with Crippen LogP contribution >= 0.6 is 27.5 Å². The quantitative estimate of drug-likeness (QED) is 0.857. The maximum absolute atomic E-state index is 12.0. The molecule has 6 heteroatoms. The number of hydrogen-bond donors (Lipinski definition) is 2. The van der Waals surface area contributed by atoms with Crippen LogP contribution in [0.4, 0.5) is 0 Å². The molecule has 0 aliphatic carbocycles. The van der Waals surface area contributed by atoms with Crippen LogP contribution in [0.1, 0.15) is 30.6 Å². The first-order valence-corrected chi connectivity index (χ1v) is 6.96. The van der Waals surface area contributed by atoms with Crippen LogP contribution in [-0.2, 0) is 4.79 Å². The van der Waals surface area contributed by atoms with Crippen LogP contribution in [0.3, 0.4) is 0 Å². The first-order chi connectivity index (χ1) is 8.81. The lowest BCUT2D eigenvalue weighted by molar-refractivity contribution is -0.137.